The highest BCUT2D eigenvalue weighted by molar-refractivity contribution is 5.32. The zero-order chi connectivity index (χ0) is 10.1. The molecule has 0 nitrogen and oxygen atoms in total. The van der Waals surface area contributed by atoms with Crippen LogP contribution in [-0.2, 0) is 0 Å². The molecule has 0 amide bonds. The van der Waals surface area contributed by atoms with Crippen molar-refractivity contribution in [1.82, 2.24) is 0 Å². The summed E-state index contributed by atoms with van der Waals surface area (Å²) >= 11 is 0. The van der Waals surface area contributed by atoms with Gasteiger partial charge < -0.3 is 0 Å². The molecule has 0 spiro atoms. The Hall–Kier alpha value is -0.650. The van der Waals surface area contributed by atoms with Crippen LogP contribution in [0.25, 0.3) is 0 Å². The summed E-state index contributed by atoms with van der Waals surface area (Å²) in [6.45, 7) is 0. The third-order valence-electron chi connectivity index (χ3n) is 4.45. The summed E-state index contributed by atoms with van der Waals surface area (Å²) in [4.78, 5) is 0. The van der Waals surface area contributed by atoms with Gasteiger partial charge in [0.25, 0.3) is 0 Å². The second kappa shape index (κ2) is 4.08. The first-order chi connectivity index (χ1) is 7.43. The highest BCUT2D eigenvalue weighted by Crippen LogP contribution is 2.39. The fraction of sp³-hybridized carbons (Fsp3) is 0.667. The molecule has 3 rings (SSSR count). The van der Waals surface area contributed by atoms with Crippen LogP contribution in [0, 0.1) is 0 Å². The van der Waals surface area contributed by atoms with Crippen molar-refractivity contribution in [3.63, 3.8) is 0 Å². The van der Waals surface area contributed by atoms with E-state index in [2.05, 4.69) is 18.2 Å². The Kier molecular flexibility index (Phi) is 2.60. The highest BCUT2D eigenvalue weighted by atomic mass is 14.3. The van der Waals surface area contributed by atoms with Crippen LogP contribution in [0.1, 0.15) is 74.3 Å². The Morgan fingerprint density at radius 1 is 0.867 bits per heavy atom. The lowest BCUT2D eigenvalue weighted by Gasteiger charge is -2.15. The molecule has 0 saturated heterocycles. The van der Waals surface area contributed by atoms with Crippen LogP contribution in [0.4, 0.5) is 0 Å². The molecule has 0 atom stereocenters. The van der Waals surface area contributed by atoms with Gasteiger partial charge in [0.1, 0.15) is 0 Å². The van der Waals surface area contributed by atoms with E-state index in [1.165, 1.54) is 51.4 Å². The molecule has 0 unspecified atom stereocenters. The van der Waals surface area contributed by atoms with Crippen LogP contribution in [0.3, 0.4) is 0 Å². The molecule has 2 aliphatic rings. The predicted octanol–water partition coefficient (Wildman–Crippen LogP) is 4.72. The van der Waals surface area contributed by atoms with Gasteiger partial charge in [0.2, 0.25) is 0 Å². The number of hydrogen-bond acceptors (Lipinski definition) is 0. The van der Waals surface area contributed by atoms with E-state index in [-0.39, 0.29) is 0 Å². The lowest BCUT2D eigenvalue weighted by Crippen LogP contribution is -1.90. The molecule has 15 heavy (non-hydrogen) atoms. The van der Waals surface area contributed by atoms with Gasteiger partial charge >= 0.3 is 0 Å². The van der Waals surface area contributed by atoms with Gasteiger partial charge in [-0.1, -0.05) is 44.4 Å². The first kappa shape index (κ1) is 9.57. The molecular formula is C15H21-. The van der Waals surface area contributed by atoms with Crippen LogP contribution < -0.4 is 0 Å². The Morgan fingerprint density at radius 3 is 2.13 bits per heavy atom. The SMILES string of the molecule is c1[cH-]c(C2CCCC2)cc1C1CCCC1. The van der Waals surface area contributed by atoms with Crippen molar-refractivity contribution in [2.45, 2.75) is 63.2 Å². The normalized spacial score (nSPS) is 24.0. The van der Waals surface area contributed by atoms with Gasteiger partial charge in [-0.3, -0.25) is 0 Å². The van der Waals surface area contributed by atoms with Crippen LogP contribution in [0.15, 0.2) is 18.2 Å². The second-order valence-electron chi connectivity index (χ2n) is 5.44. The fourth-order valence-electron chi connectivity index (χ4n) is 3.51. The topological polar surface area (TPSA) is 0 Å². The van der Waals surface area contributed by atoms with E-state index in [0.717, 1.165) is 11.8 Å². The molecule has 2 fully saturated rings. The smallest absolute Gasteiger partial charge is 0.0395 e. The van der Waals surface area contributed by atoms with Crippen LogP contribution in [-0.4, -0.2) is 0 Å². The van der Waals surface area contributed by atoms with Crippen molar-refractivity contribution in [1.29, 1.82) is 0 Å². The van der Waals surface area contributed by atoms with Gasteiger partial charge in [-0.2, -0.15) is 23.3 Å². The fourth-order valence-corrected chi connectivity index (χ4v) is 3.51. The third kappa shape index (κ3) is 1.87. The molecule has 0 aliphatic heterocycles. The van der Waals surface area contributed by atoms with Gasteiger partial charge in [-0.05, 0) is 18.8 Å². The van der Waals surface area contributed by atoms with Gasteiger partial charge in [0.05, 0.1) is 0 Å². The summed E-state index contributed by atoms with van der Waals surface area (Å²) in [6.07, 6.45) is 11.6. The lowest BCUT2D eigenvalue weighted by atomic mass is 9.97. The van der Waals surface area contributed by atoms with E-state index in [4.69, 9.17) is 0 Å². The van der Waals surface area contributed by atoms with E-state index in [1.807, 2.05) is 0 Å². The summed E-state index contributed by atoms with van der Waals surface area (Å²) in [5.41, 5.74) is 3.30. The molecule has 0 heterocycles. The van der Waals surface area contributed by atoms with E-state index in [9.17, 15) is 0 Å². The minimum atomic E-state index is 0.903. The summed E-state index contributed by atoms with van der Waals surface area (Å²) < 4.78 is 0. The highest BCUT2D eigenvalue weighted by Gasteiger charge is 2.16. The van der Waals surface area contributed by atoms with Crippen molar-refractivity contribution >= 4 is 0 Å². The van der Waals surface area contributed by atoms with Crippen molar-refractivity contribution in [3.05, 3.63) is 29.3 Å². The molecule has 1 aromatic rings. The summed E-state index contributed by atoms with van der Waals surface area (Å²) in [5, 5.41) is 0. The average Bonchev–Trinajstić information content (AvgIpc) is 3.02. The van der Waals surface area contributed by atoms with Crippen LogP contribution in [0.2, 0.25) is 0 Å². The largest absolute Gasteiger partial charge is 0.207 e. The lowest BCUT2D eigenvalue weighted by molar-refractivity contribution is 0.712. The number of rotatable bonds is 2. The molecular weight excluding hydrogens is 180 g/mol. The summed E-state index contributed by atoms with van der Waals surface area (Å²) in [7, 11) is 0. The monoisotopic (exact) mass is 201 g/mol. The maximum absolute atomic E-state index is 2.52. The van der Waals surface area contributed by atoms with E-state index in [1.54, 1.807) is 11.1 Å². The molecule has 1 aromatic carbocycles. The van der Waals surface area contributed by atoms with Gasteiger partial charge in [0.15, 0.2) is 0 Å². The molecule has 2 aliphatic carbocycles. The predicted molar refractivity (Wildman–Crippen MR) is 64.5 cm³/mol. The van der Waals surface area contributed by atoms with Gasteiger partial charge in [0, 0.05) is 0 Å². The van der Waals surface area contributed by atoms with E-state index in [0.29, 0.717) is 0 Å². The first-order valence-electron chi connectivity index (χ1n) is 6.70. The molecule has 0 N–H and O–H groups in total. The van der Waals surface area contributed by atoms with Gasteiger partial charge in [-0.15, -0.1) is 0 Å². The minimum absolute atomic E-state index is 0.903. The minimum Gasteiger partial charge on any atom is -0.207 e. The second-order valence-corrected chi connectivity index (χ2v) is 5.44. The van der Waals surface area contributed by atoms with Gasteiger partial charge in [-0.25, -0.2) is 6.07 Å². The molecule has 2 saturated carbocycles. The summed E-state index contributed by atoms with van der Waals surface area (Å²) in [6, 6.07) is 7.33. The molecule has 0 aromatic heterocycles. The molecule has 0 radical (unpaired) electrons. The third-order valence-corrected chi connectivity index (χ3v) is 4.45. The van der Waals surface area contributed by atoms with Crippen molar-refractivity contribution < 1.29 is 0 Å². The molecule has 0 bridgehead atoms. The molecule has 82 valence electrons. The first-order valence-corrected chi connectivity index (χ1v) is 6.70. The standard InChI is InChI=1S/C15H21/c1-2-6-12(5-1)14-9-10-15(11-14)13-7-3-4-8-13/h9-13H,1-8H2/q-1. The average molecular weight is 201 g/mol. The van der Waals surface area contributed by atoms with Crippen molar-refractivity contribution in [2.24, 2.45) is 0 Å². The Morgan fingerprint density at radius 2 is 1.47 bits per heavy atom. The van der Waals surface area contributed by atoms with Crippen LogP contribution >= 0.6 is 0 Å². The molecule has 0 heteroatoms. The van der Waals surface area contributed by atoms with Crippen molar-refractivity contribution in [2.75, 3.05) is 0 Å². The van der Waals surface area contributed by atoms with Crippen LogP contribution in [0.5, 0.6) is 0 Å². The Labute approximate surface area is 93.1 Å². The van der Waals surface area contributed by atoms with E-state index < -0.39 is 0 Å². The Bertz CT molecular complexity index is 278. The number of hydrogen-bond donors (Lipinski definition) is 0. The zero-order valence-electron chi connectivity index (χ0n) is 9.54. The quantitative estimate of drug-likeness (QED) is 0.607. The van der Waals surface area contributed by atoms with E-state index >= 15 is 0 Å². The zero-order valence-corrected chi connectivity index (χ0v) is 9.54. The maximum Gasteiger partial charge on any atom is -0.0395 e. The van der Waals surface area contributed by atoms with Crippen molar-refractivity contribution in [3.8, 4) is 0 Å². The summed E-state index contributed by atoms with van der Waals surface area (Å²) in [5.74, 6) is 1.81. The Balaban J connectivity index is 1.74. The maximum atomic E-state index is 2.52.